The number of carbonyl (C=O) groups is 5. The van der Waals surface area contributed by atoms with Crippen LogP contribution in [-0.4, -0.2) is 77.7 Å². The lowest BCUT2D eigenvalue weighted by atomic mass is 9.99. The second-order valence-electron chi connectivity index (χ2n) is 7.15. The molecule has 176 valence electrons. The zero-order valence-corrected chi connectivity index (χ0v) is 17.6. The van der Waals surface area contributed by atoms with Crippen molar-refractivity contribution in [2.45, 2.75) is 38.2 Å². The van der Waals surface area contributed by atoms with Crippen LogP contribution in [0, 0.1) is 0 Å². The van der Waals surface area contributed by atoms with Gasteiger partial charge in [-0.15, -0.1) is 5.10 Å². The molecule has 14 heteroatoms. The largest absolute Gasteiger partial charge is 0.368 e. The molecule has 1 aliphatic carbocycles. The summed E-state index contributed by atoms with van der Waals surface area (Å²) in [5, 5.41) is 19.9. The summed E-state index contributed by atoms with van der Waals surface area (Å²) in [6.07, 6.45) is 4.27. The minimum atomic E-state index is -0.711. The van der Waals surface area contributed by atoms with Gasteiger partial charge in [-0.2, -0.15) is 0 Å². The molecule has 1 unspecified atom stereocenters. The molecule has 0 spiro atoms. The Bertz CT molecular complexity index is 826. The Kier molecular flexibility index (Phi) is 10.0. The van der Waals surface area contributed by atoms with Crippen molar-refractivity contribution < 1.29 is 28.7 Å². The summed E-state index contributed by atoms with van der Waals surface area (Å²) >= 11 is 0. The van der Waals surface area contributed by atoms with E-state index in [1.165, 1.54) is 0 Å². The molecule has 1 aliphatic rings. The van der Waals surface area contributed by atoms with Gasteiger partial charge in [0.1, 0.15) is 18.4 Å². The van der Waals surface area contributed by atoms with Gasteiger partial charge in [0.15, 0.2) is 0 Å². The third-order valence-corrected chi connectivity index (χ3v) is 4.56. The SMILES string of the molecule is NC(=O)CNC(=O)CNC(=O)CNC(=O)CNC(=O)COC1CCCCCc2[nH]nnc21. The highest BCUT2D eigenvalue weighted by atomic mass is 16.5. The fraction of sp³-hybridized carbons (Fsp3) is 0.611. The Labute approximate surface area is 183 Å². The van der Waals surface area contributed by atoms with Crippen LogP contribution in [-0.2, 0) is 35.1 Å². The number of aromatic nitrogens is 3. The van der Waals surface area contributed by atoms with Crippen molar-refractivity contribution in [1.29, 1.82) is 0 Å². The van der Waals surface area contributed by atoms with Crippen LogP contribution in [0.4, 0.5) is 0 Å². The highest BCUT2D eigenvalue weighted by Gasteiger charge is 2.22. The Morgan fingerprint density at radius 1 is 0.875 bits per heavy atom. The van der Waals surface area contributed by atoms with Gasteiger partial charge in [0.05, 0.1) is 31.9 Å². The van der Waals surface area contributed by atoms with E-state index in [-0.39, 0.29) is 38.9 Å². The predicted octanol–water partition coefficient (Wildman–Crippen LogP) is -3.07. The van der Waals surface area contributed by atoms with Crippen molar-refractivity contribution in [3.05, 3.63) is 11.4 Å². The number of ether oxygens (including phenoxy) is 1. The Morgan fingerprint density at radius 3 is 2.09 bits per heavy atom. The van der Waals surface area contributed by atoms with Gasteiger partial charge in [0, 0.05) is 0 Å². The van der Waals surface area contributed by atoms with Gasteiger partial charge < -0.3 is 31.7 Å². The van der Waals surface area contributed by atoms with E-state index >= 15 is 0 Å². The Morgan fingerprint density at radius 2 is 1.47 bits per heavy atom. The summed E-state index contributed by atoms with van der Waals surface area (Å²) < 4.78 is 5.69. The summed E-state index contributed by atoms with van der Waals surface area (Å²) in [6, 6.07) is 0. The highest BCUT2D eigenvalue weighted by Crippen LogP contribution is 2.27. The average Bonchev–Trinajstić information content (AvgIpc) is 3.20. The molecule has 0 fully saturated rings. The molecule has 1 aromatic rings. The molecule has 5 amide bonds. The number of fused-ring (bicyclic) bond motifs is 1. The number of nitrogens with one attached hydrogen (secondary N) is 5. The van der Waals surface area contributed by atoms with Crippen LogP contribution < -0.4 is 27.0 Å². The maximum atomic E-state index is 12.0. The number of H-pyrrole nitrogens is 1. The van der Waals surface area contributed by atoms with E-state index in [1.807, 2.05) is 0 Å². The first-order valence-corrected chi connectivity index (χ1v) is 10.2. The van der Waals surface area contributed by atoms with Crippen molar-refractivity contribution in [2.75, 3.05) is 32.8 Å². The first-order chi connectivity index (χ1) is 15.3. The maximum absolute atomic E-state index is 12.0. The fourth-order valence-electron chi connectivity index (χ4n) is 2.94. The predicted molar refractivity (Wildman–Crippen MR) is 108 cm³/mol. The van der Waals surface area contributed by atoms with Crippen LogP contribution in [0.15, 0.2) is 0 Å². The lowest BCUT2D eigenvalue weighted by Gasteiger charge is -2.19. The molecular weight excluding hydrogens is 424 g/mol. The Balaban J connectivity index is 1.61. The van der Waals surface area contributed by atoms with E-state index in [1.54, 1.807) is 0 Å². The van der Waals surface area contributed by atoms with Gasteiger partial charge >= 0.3 is 0 Å². The summed E-state index contributed by atoms with van der Waals surface area (Å²) in [5.74, 6) is -3.00. The van der Waals surface area contributed by atoms with E-state index in [9.17, 15) is 24.0 Å². The standard InChI is InChI=1S/C18H28N8O6/c19-13(27)6-20-14(28)7-21-15(29)8-22-16(30)9-23-17(31)10-32-12-5-3-1-2-4-11-18(12)25-26-24-11/h12H,1-10H2,(H2,19,27)(H,20,28)(H,21,29)(H,22,30)(H,23,31)(H,24,25,26). The molecule has 1 atom stereocenters. The monoisotopic (exact) mass is 452 g/mol. The third-order valence-electron chi connectivity index (χ3n) is 4.56. The zero-order chi connectivity index (χ0) is 23.3. The second kappa shape index (κ2) is 13.0. The van der Waals surface area contributed by atoms with Gasteiger partial charge in [0.25, 0.3) is 0 Å². The number of rotatable bonds is 11. The lowest BCUT2D eigenvalue weighted by Crippen LogP contribution is -2.45. The van der Waals surface area contributed by atoms with Crippen molar-refractivity contribution in [1.82, 2.24) is 36.7 Å². The van der Waals surface area contributed by atoms with Crippen LogP contribution >= 0.6 is 0 Å². The number of nitrogens with zero attached hydrogens (tertiary/aromatic N) is 2. The number of nitrogens with two attached hydrogens (primary N) is 1. The minimum Gasteiger partial charge on any atom is -0.368 e. The van der Waals surface area contributed by atoms with E-state index in [2.05, 4.69) is 36.7 Å². The van der Waals surface area contributed by atoms with E-state index in [4.69, 9.17) is 10.5 Å². The van der Waals surface area contributed by atoms with E-state index < -0.39 is 29.5 Å². The van der Waals surface area contributed by atoms with Crippen molar-refractivity contribution in [3.63, 3.8) is 0 Å². The molecule has 0 radical (unpaired) electrons. The molecule has 7 N–H and O–H groups in total. The maximum Gasteiger partial charge on any atom is 0.246 e. The summed E-state index contributed by atoms with van der Waals surface area (Å²) in [5.41, 5.74) is 6.51. The lowest BCUT2D eigenvalue weighted by molar-refractivity contribution is -0.131. The van der Waals surface area contributed by atoms with Gasteiger partial charge in [-0.25, -0.2) is 0 Å². The van der Waals surface area contributed by atoms with Crippen LogP contribution in [0.3, 0.4) is 0 Å². The fourth-order valence-corrected chi connectivity index (χ4v) is 2.94. The highest BCUT2D eigenvalue weighted by molar-refractivity contribution is 5.90. The molecule has 2 rings (SSSR count). The second-order valence-corrected chi connectivity index (χ2v) is 7.15. The average molecular weight is 452 g/mol. The van der Waals surface area contributed by atoms with Crippen LogP contribution in [0.5, 0.6) is 0 Å². The summed E-state index contributed by atoms with van der Waals surface area (Å²) in [4.78, 5) is 57.3. The van der Waals surface area contributed by atoms with Gasteiger partial charge in [0.2, 0.25) is 29.5 Å². The van der Waals surface area contributed by atoms with E-state index in [0.717, 1.165) is 37.8 Å². The van der Waals surface area contributed by atoms with Crippen LogP contribution in [0.2, 0.25) is 0 Å². The van der Waals surface area contributed by atoms with Crippen LogP contribution in [0.25, 0.3) is 0 Å². The summed E-state index contributed by atoms with van der Waals surface area (Å²) in [7, 11) is 0. The van der Waals surface area contributed by atoms with Gasteiger partial charge in [-0.1, -0.05) is 18.1 Å². The molecule has 0 saturated carbocycles. The summed E-state index contributed by atoms with van der Waals surface area (Å²) in [6.45, 7) is -1.68. The number of hydrogen-bond acceptors (Lipinski definition) is 8. The first kappa shape index (κ1) is 24.7. The molecule has 0 bridgehead atoms. The smallest absolute Gasteiger partial charge is 0.246 e. The van der Waals surface area contributed by atoms with Crippen LogP contribution in [0.1, 0.15) is 43.2 Å². The normalized spacial score (nSPS) is 15.4. The van der Waals surface area contributed by atoms with Gasteiger partial charge in [-0.05, 0) is 19.3 Å². The molecule has 0 aliphatic heterocycles. The number of carbonyl (C=O) groups excluding carboxylic acids is 5. The molecule has 14 nitrogen and oxygen atoms in total. The molecular formula is C18H28N8O6. The number of primary amides is 1. The van der Waals surface area contributed by atoms with Gasteiger partial charge in [-0.3, -0.25) is 29.1 Å². The molecule has 0 aromatic carbocycles. The Hall–Kier alpha value is -3.55. The molecule has 1 heterocycles. The van der Waals surface area contributed by atoms with E-state index in [0.29, 0.717) is 5.69 Å². The van der Waals surface area contributed by atoms with Crippen molar-refractivity contribution in [2.24, 2.45) is 5.73 Å². The topological polar surface area (TPSA) is 210 Å². The number of aryl methyl sites for hydroxylation is 1. The third kappa shape index (κ3) is 9.07. The quantitative estimate of drug-likeness (QED) is 0.202. The molecule has 32 heavy (non-hydrogen) atoms. The molecule has 1 aromatic heterocycles. The minimum absolute atomic E-state index is 0.245. The molecule has 0 saturated heterocycles. The number of aromatic amines is 1. The number of amides is 5. The van der Waals surface area contributed by atoms with Crippen molar-refractivity contribution in [3.8, 4) is 0 Å². The van der Waals surface area contributed by atoms with Crippen molar-refractivity contribution >= 4 is 29.5 Å². The zero-order valence-electron chi connectivity index (χ0n) is 17.6. The first-order valence-electron chi connectivity index (χ1n) is 10.2. The number of hydrogen-bond donors (Lipinski definition) is 6.